The Kier molecular flexibility index (Phi) is 8.68. The number of carbonyl (C=O) groups is 3. The van der Waals surface area contributed by atoms with Crippen LogP contribution in [0.3, 0.4) is 0 Å². The van der Waals surface area contributed by atoms with E-state index in [1.807, 2.05) is 6.92 Å². The summed E-state index contributed by atoms with van der Waals surface area (Å²) in [6.07, 6.45) is 9.41. The van der Waals surface area contributed by atoms with E-state index in [0.29, 0.717) is 38.6 Å². The molecule has 2 amide bonds. The highest BCUT2D eigenvalue weighted by atomic mass is 19.1. The second kappa shape index (κ2) is 11.6. The van der Waals surface area contributed by atoms with Crippen molar-refractivity contribution in [1.82, 2.24) is 10.6 Å². The first-order valence-electron chi connectivity index (χ1n) is 14.2. The number of hydrogen-bond acceptors (Lipinski definition) is 5. The lowest BCUT2D eigenvalue weighted by Crippen LogP contribution is -2.53. The van der Waals surface area contributed by atoms with Gasteiger partial charge in [-0.05, 0) is 68.8 Å². The Labute approximate surface area is 225 Å². The third-order valence-electron chi connectivity index (χ3n) is 9.26. The van der Waals surface area contributed by atoms with E-state index in [1.165, 1.54) is 25.7 Å². The molecule has 3 aliphatic carbocycles. The summed E-state index contributed by atoms with van der Waals surface area (Å²) in [4.78, 5) is 38.1. The SMILES string of the molecule is COc1cc(F)c(O[C@H]2CC[C@@](C)(C=O)CC2)cc1C(=O)N[C@H]1[C@@H](C)CCC[C@H]1C(=O)NCC1(C)CCC1. The van der Waals surface area contributed by atoms with E-state index in [4.69, 9.17) is 9.47 Å². The zero-order chi connectivity index (χ0) is 27.5. The minimum absolute atomic E-state index is 0.00427. The van der Waals surface area contributed by atoms with Crippen LogP contribution in [0.5, 0.6) is 11.5 Å². The molecule has 3 atom stereocenters. The Morgan fingerprint density at radius 2 is 1.76 bits per heavy atom. The minimum atomic E-state index is -0.602. The van der Waals surface area contributed by atoms with Gasteiger partial charge >= 0.3 is 0 Å². The summed E-state index contributed by atoms with van der Waals surface area (Å²) in [6, 6.07) is 2.25. The zero-order valence-electron chi connectivity index (χ0n) is 23.2. The first-order chi connectivity index (χ1) is 18.1. The molecule has 210 valence electrons. The molecule has 0 aromatic heterocycles. The summed E-state index contributed by atoms with van der Waals surface area (Å²) in [7, 11) is 1.40. The maximum atomic E-state index is 14.9. The fourth-order valence-corrected chi connectivity index (χ4v) is 6.21. The summed E-state index contributed by atoms with van der Waals surface area (Å²) < 4.78 is 26.2. The predicted molar refractivity (Wildman–Crippen MR) is 143 cm³/mol. The molecule has 0 spiro atoms. The Morgan fingerprint density at radius 1 is 1.05 bits per heavy atom. The van der Waals surface area contributed by atoms with Crippen LogP contribution in [0.2, 0.25) is 0 Å². The standard InChI is InChI=1S/C30H43FN2O5/c1-19-7-5-8-21(27(35)32-17-29(2)11-6-12-29)26(19)33-28(36)22-15-25(23(31)16-24(22)37-4)38-20-9-13-30(3,18-34)14-10-20/h15-16,18-21,26H,5-14,17H2,1-4H3,(H,32,35)(H,33,36)/t19-,20-,21+,26-,30+/m0/s1. The van der Waals surface area contributed by atoms with E-state index in [2.05, 4.69) is 24.5 Å². The molecule has 2 N–H and O–H groups in total. The van der Waals surface area contributed by atoms with Crippen molar-refractivity contribution >= 4 is 18.1 Å². The maximum absolute atomic E-state index is 14.9. The van der Waals surface area contributed by atoms with Crippen LogP contribution < -0.4 is 20.1 Å². The monoisotopic (exact) mass is 530 g/mol. The van der Waals surface area contributed by atoms with Crippen LogP contribution in [0.4, 0.5) is 4.39 Å². The number of nitrogens with one attached hydrogen (secondary N) is 2. The Hall–Kier alpha value is -2.64. The van der Waals surface area contributed by atoms with Gasteiger partial charge in [0, 0.05) is 24.1 Å². The molecule has 0 saturated heterocycles. The van der Waals surface area contributed by atoms with Gasteiger partial charge < -0.3 is 24.9 Å². The van der Waals surface area contributed by atoms with Crippen molar-refractivity contribution < 1.29 is 28.2 Å². The summed E-state index contributed by atoms with van der Waals surface area (Å²) in [6.45, 7) is 6.86. The third-order valence-corrected chi connectivity index (χ3v) is 9.26. The molecule has 0 radical (unpaired) electrons. The number of ether oxygens (including phenoxy) is 2. The Balaban J connectivity index is 1.47. The van der Waals surface area contributed by atoms with Crippen LogP contribution in [0.15, 0.2) is 12.1 Å². The average molecular weight is 531 g/mol. The Morgan fingerprint density at radius 3 is 2.37 bits per heavy atom. The molecule has 0 heterocycles. The first kappa shape index (κ1) is 28.4. The van der Waals surface area contributed by atoms with Gasteiger partial charge in [0.15, 0.2) is 11.6 Å². The number of methoxy groups -OCH3 is 1. The molecule has 1 aromatic carbocycles. The fraction of sp³-hybridized carbons (Fsp3) is 0.700. The van der Waals surface area contributed by atoms with Crippen molar-refractivity contribution in [3.05, 3.63) is 23.5 Å². The topological polar surface area (TPSA) is 93.7 Å². The molecule has 3 saturated carbocycles. The quantitative estimate of drug-likeness (QED) is 0.428. The van der Waals surface area contributed by atoms with Crippen LogP contribution in [0.1, 0.15) is 95.3 Å². The summed E-state index contributed by atoms with van der Waals surface area (Å²) in [5.74, 6) is -1.10. The third kappa shape index (κ3) is 6.32. The molecule has 0 aliphatic heterocycles. The van der Waals surface area contributed by atoms with Gasteiger partial charge in [0.25, 0.3) is 5.91 Å². The van der Waals surface area contributed by atoms with Crippen LogP contribution in [0.25, 0.3) is 0 Å². The number of halogens is 1. The van der Waals surface area contributed by atoms with Gasteiger partial charge in [-0.2, -0.15) is 0 Å². The maximum Gasteiger partial charge on any atom is 0.255 e. The smallest absolute Gasteiger partial charge is 0.255 e. The second-order valence-corrected chi connectivity index (χ2v) is 12.5. The van der Waals surface area contributed by atoms with E-state index in [1.54, 1.807) is 0 Å². The van der Waals surface area contributed by atoms with Gasteiger partial charge in [-0.15, -0.1) is 0 Å². The van der Waals surface area contributed by atoms with Crippen molar-refractivity contribution in [3.8, 4) is 11.5 Å². The fourth-order valence-electron chi connectivity index (χ4n) is 6.21. The van der Waals surface area contributed by atoms with E-state index >= 15 is 0 Å². The van der Waals surface area contributed by atoms with Crippen molar-refractivity contribution in [2.24, 2.45) is 22.7 Å². The van der Waals surface area contributed by atoms with Gasteiger partial charge in [0.1, 0.15) is 12.0 Å². The number of hydrogen-bond donors (Lipinski definition) is 2. The second-order valence-electron chi connectivity index (χ2n) is 12.5. The Bertz CT molecular complexity index is 1030. The van der Waals surface area contributed by atoms with Gasteiger partial charge in [-0.3, -0.25) is 9.59 Å². The molecule has 38 heavy (non-hydrogen) atoms. The van der Waals surface area contributed by atoms with Crippen LogP contribution in [0, 0.1) is 28.5 Å². The minimum Gasteiger partial charge on any atom is -0.496 e. The highest BCUT2D eigenvalue weighted by Crippen LogP contribution is 2.40. The van der Waals surface area contributed by atoms with Gasteiger partial charge in [0.05, 0.1) is 24.7 Å². The lowest BCUT2D eigenvalue weighted by Gasteiger charge is -2.40. The summed E-state index contributed by atoms with van der Waals surface area (Å²) in [5, 5.41) is 6.23. The predicted octanol–water partition coefficient (Wildman–Crippen LogP) is 5.20. The molecule has 4 rings (SSSR count). The molecule has 0 bridgehead atoms. The van der Waals surface area contributed by atoms with E-state index in [9.17, 15) is 18.8 Å². The highest BCUT2D eigenvalue weighted by molar-refractivity contribution is 5.98. The number of carbonyl (C=O) groups excluding carboxylic acids is 3. The van der Waals surface area contributed by atoms with Crippen LogP contribution in [-0.2, 0) is 9.59 Å². The molecule has 7 nitrogen and oxygen atoms in total. The van der Waals surface area contributed by atoms with Crippen LogP contribution >= 0.6 is 0 Å². The summed E-state index contributed by atoms with van der Waals surface area (Å²) >= 11 is 0. The van der Waals surface area contributed by atoms with E-state index in [0.717, 1.165) is 32.0 Å². The largest absolute Gasteiger partial charge is 0.496 e. The average Bonchev–Trinajstić information content (AvgIpc) is 2.89. The lowest BCUT2D eigenvalue weighted by molar-refractivity contribution is -0.128. The summed E-state index contributed by atoms with van der Waals surface area (Å²) in [5.41, 5.74) is -0.00811. The molecular weight excluding hydrogens is 487 g/mol. The molecule has 8 heteroatoms. The molecule has 3 aliphatic rings. The van der Waals surface area contributed by atoms with Crippen molar-refractivity contribution in [2.45, 2.75) is 97.1 Å². The molecule has 0 unspecified atom stereocenters. The molecule has 3 fully saturated rings. The number of rotatable bonds is 9. The van der Waals surface area contributed by atoms with E-state index < -0.39 is 11.7 Å². The van der Waals surface area contributed by atoms with Crippen molar-refractivity contribution in [1.29, 1.82) is 0 Å². The number of benzene rings is 1. The molecule has 1 aromatic rings. The van der Waals surface area contributed by atoms with Crippen molar-refractivity contribution in [2.75, 3.05) is 13.7 Å². The number of amides is 2. The molecular formula is C30H43FN2O5. The van der Waals surface area contributed by atoms with Crippen LogP contribution in [-0.4, -0.2) is 43.9 Å². The lowest BCUT2D eigenvalue weighted by atomic mass is 9.70. The van der Waals surface area contributed by atoms with Crippen molar-refractivity contribution in [3.63, 3.8) is 0 Å². The van der Waals surface area contributed by atoms with Gasteiger partial charge in [0.2, 0.25) is 5.91 Å². The number of aldehydes is 1. The normalized spacial score (nSPS) is 30.4. The van der Waals surface area contributed by atoms with Gasteiger partial charge in [-0.1, -0.05) is 33.6 Å². The first-order valence-corrected chi connectivity index (χ1v) is 14.2. The zero-order valence-corrected chi connectivity index (χ0v) is 23.2. The van der Waals surface area contributed by atoms with Gasteiger partial charge in [-0.25, -0.2) is 4.39 Å². The highest BCUT2D eigenvalue weighted by Gasteiger charge is 2.39. The van der Waals surface area contributed by atoms with E-state index in [-0.39, 0.29) is 57.8 Å².